The van der Waals surface area contributed by atoms with Gasteiger partial charge >= 0.3 is 0 Å². The summed E-state index contributed by atoms with van der Waals surface area (Å²) in [6, 6.07) is 3.54. The van der Waals surface area contributed by atoms with Crippen LogP contribution >= 0.6 is 0 Å². The van der Waals surface area contributed by atoms with E-state index in [1.165, 1.54) is 0 Å². The number of nitrogens with zero attached hydrogens (tertiary/aromatic N) is 1. The molecule has 1 heterocycles. The molecular weight excluding hydrogens is 154 g/mol. The summed E-state index contributed by atoms with van der Waals surface area (Å²) in [4.78, 5) is 15.9. The molecule has 12 heavy (non-hydrogen) atoms. The maximum absolute atomic E-state index is 11.4. The largest absolute Gasteiger partial charge is 0.357 e. The van der Waals surface area contributed by atoms with Crippen molar-refractivity contribution in [1.82, 2.24) is 9.88 Å². The minimum atomic E-state index is -0.0227. The van der Waals surface area contributed by atoms with Gasteiger partial charge < -0.3 is 15.6 Å². The van der Waals surface area contributed by atoms with Crippen molar-refractivity contribution in [2.24, 2.45) is 5.73 Å². The Morgan fingerprint density at radius 3 is 3.00 bits per heavy atom. The van der Waals surface area contributed by atoms with E-state index in [0.29, 0.717) is 18.8 Å². The summed E-state index contributed by atoms with van der Waals surface area (Å²) in [6.07, 6.45) is 1.73. The molecule has 1 amide bonds. The van der Waals surface area contributed by atoms with Gasteiger partial charge in [0.25, 0.3) is 5.91 Å². The summed E-state index contributed by atoms with van der Waals surface area (Å²) in [5.74, 6) is -0.0227. The monoisotopic (exact) mass is 167 g/mol. The Labute approximate surface area is 71.4 Å². The van der Waals surface area contributed by atoms with Gasteiger partial charge in [0, 0.05) is 26.3 Å². The van der Waals surface area contributed by atoms with Gasteiger partial charge in [-0.15, -0.1) is 0 Å². The molecule has 4 heteroatoms. The molecule has 1 aromatic heterocycles. The van der Waals surface area contributed by atoms with Crippen molar-refractivity contribution in [2.75, 3.05) is 20.1 Å². The highest BCUT2D eigenvalue weighted by atomic mass is 16.2. The minimum Gasteiger partial charge on any atom is -0.357 e. The highest BCUT2D eigenvalue weighted by Gasteiger charge is 2.10. The van der Waals surface area contributed by atoms with Gasteiger partial charge in [-0.05, 0) is 12.1 Å². The molecule has 0 unspecified atom stereocenters. The van der Waals surface area contributed by atoms with Crippen molar-refractivity contribution < 1.29 is 4.79 Å². The number of hydrogen-bond donors (Lipinski definition) is 2. The number of rotatable bonds is 3. The second-order valence-electron chi connectivity index (χ2n) is 2.60. The van der Waals surface area contributed by atoms with E-state index in [9.17, 15) is 4.79 Å². The Morgan fingerprint density at radius 2 is 2.50 bits per heavy atom. The van der Waals surface area contributed by atoms with Crippen molar-refractivity contribution in [3.63, 3.8) is 0 Å². The van der Waals surface area contributed by atoms with Crippen LogP contribution in [0.5, 0.6) is 0 Å². The second-order valence-corrected chi connectivity index (χ2v) is 2.60. The van der Waals surface area contributed by atoms with Crippen LogP contribution in [0.15, 0.2) is 18.3 Å². The Balaban J connectivity index is 2.59. The Morgan fingerprint density at radius 1 is 1.75 bits per heavy atom. The molecular formula is C8H13N3O. The topological polar surface area (TPSA) is 62.1 Å². The molecule has 1 aromatic rings. The average molecular weight is 167 g/mol. The lowest BCUT2D eigenvalue weighted by Crippen LogP contribution is -2.31. The molecule has 1 rings (SSSR count). The summed E-state index contributed by atoms with van der Waals surface area (Å²) in [5, 5.41) is 0. The second kappa shape index (κ2) is 3.92. The van der Waals surface area contributed by atoms with E-state index in [1.54, 1.807) is 30.3 Å². The standard InChI is InChI=1S/C8H13N3O/c1-11(6-4-9)8(12)7-3-2-5-10-7/h2-3,5,10H,4,6,9H2,1H3. The van der Waals surface area contributed by atoms with Crippen LogP contribution in [0, 0.1) is 0 Å². The van der Waals surface area contributed by atoms with E-state index in [2.05, 4.69) is 4.98 Å². The molecule has 0 saturated heterocycles. The van der Waals surface area contributed by atoms with E-state index >= 15 is 0 Å². The first kappa shape index (κ1) is 8.80. The highest BCUT2D eigenvalue weighted by molar-refractivity contribution is 5.92. The van der Waals surface area contributed by atoms with Crippen LogP contribution in [0.1, 0.15) is 10.5 Å². The van der Waals surface area contributed by atoms with Crippen LogP contribution in [0.2, 0.25) is 0 Å². The maximum atomic E-state index is 11.4. The number of nitrogens with two attached hydrogens (primary N) is 1. The van der Waals surface area contributed by atoms with Crippen molar-refractivity contribution >= 4 is 5.91 Å². The van der Waals surface area contributed by atoms with Crippen molar-refractivity contribution in [3.05, 3.63) is 24.0 Å². The fraction of sp³-hybridized carbons (Fsp3) is 0.375. The number of likely N-dealkylation sites (N-methyl/N-ethyl adjacent to an activating group) is 1. The maximum Gasteiger partial charge on any atom is 0.270 e. The quantitative estimate of drug-likeness (QED) is 0.668. The highest BCUT2D eigenvalue weighted by Crippen LogP contribution is 1.98. The molecule has 0 saturated carbocycles. The third-order valence-corrected chi connectivity index (χ3v) is 1.64. The number of aromatic amines is 1. The fourth-order valence-electron chi connectivity index (χ4n) is 0.964. The van der Waals surface area contributed by atoms with Crippen LogP contribution in [0.3, 0.4) is 0 Å². The molecule has 0 radical (unpaired) electrons. The van der Waals surface area contributed by atoms with Gasteiger partial charge in [-0.3, -0.25) is 4.79 Å². The Hall–Kier alpha value is -1.29. The zero-order valence-electron chi connectivity index (χ0n) is 7.08. The van der Waals surface area contributed by atoms with Crippen molar-refractivity contribution in [2.45, 2.75) is 0 Å². The molecule has 66 valence electrons. The number of carbonyl (C=O) groups excluding carboxylic acids is 1. The lowest BCUT2D eigenvalue weighted by Gasteiger charge is -2.14. The van der Waals surface area contributed by atoms with Crippen LogP contribution in [0.4, 0.5) is 0 Å². The number of hydrogen-bond acceptors (Lipinski definition) is 2. The Bertz CT molecular complexity index is 243. The number of H-pyrrole nitrogens is 1. The first-order valence-electron chi connectivity index (χ1n) is 3.84. The van der Waals surface area contributed by atoms with Crippen LogP contribution in [-0.4, -0.2) is 35.9 Å². The summed E-state index contributed by atoms with van der Waals surface area (Å²) in [7, 11) is 1.73. The molecule has 0 aliphatic heterocycles. The smallest absolute Gasteiger partial charge is 0.270 e. The van der Waals surface area contributed by atoms with Gasteiger partial charge in [0.2, 0.25) is 0 Å². The zero-order valence-corrected chi connectivity index (χ0v) is 7.08. The van der Waals surface area contributed by atoms with Crippen LogP contribution in [-0.2, 0) is 0 Å². The number of nitrogens with one attached hydrogen (secondary N) is 1. The van der Waals surface area contributed by atoms with Gasteiger partial charge in [-0.1, -0.05) is 0 Å². The van der Waals surface area contributed by atoms with Crippen LogP contribution < -0.4 is 5.73 Å². The van der Waals surface area contributed by atoms with E-state index in [1.807, 2.05) is 0 Å². The van der Waals surface area contributed by atoms with Gasteiger partial charge in [-0.25, -0.2) is 0 Å². The van der Waals surface area contributed by atoms with Crippen molar-refractivity contribution in [3.8, 4) is 0 Å². The predicted octanol–water partition coefficient (Wildman–Crippen LogP) is 0.0454. The van der Waals surface area contributed by atoms with Gasteiger partial charge in [0.05, 0.1) is 0 Å². The Kier molecular flexibility index (Phi) is 2.88. The minimum absolute atomic E-state index is 0.0227. The van der Waals surface area contributed by atoms with E-state index in [0.717, 1.165) is 0 Å². The first-order valence-corrected chi connectivity index (χ1v) is 3.84. The van der Waals surface area contributed by atoms with E-state index in [-0.39, 0.29) is 5.91 Å². The molecule has 0 fully saturated rings. The van der Waals surface area contributed by atoms with E-state index in [4.69, 9.17) is 5.73 Å². The zero-order chi connectivity index (χ0) is 8.97. The lowest BCUT2D eigenvalue weighted by atomic mass is 10.4. The summed E-state index contributed by atoms with van der Waals surface area (Å²) in [6.45, 7) is 1.07. The molecule has 0 spiro atoms. The molecule has 0 atom stereocenters. The third-order valence-electron chi connectivity index (χ3n) is 1.64. The van der Waals surface area contributed by atoms with Crippen LogP contribution in [0.25, 0.3) is 0 Å². The number of amides is 1. The molecule has 0 aromatic carbocycles. The lowest BCUT2D eigenvalue weighted by molar-refractivity contribution is 0.0794. The summed E-state index contributed by atoms with van der Waals surface area (Å²) in [5.41, 5.74) is 5.92. The summed E-state index contributed by atoms with van der Waals surface area (Å²) >= 11 is 0. The average Bonchev–Trinajstić information content (AvgIpc) is 2.55. The molecule has 4 nitrogen and oxygen atoms in total. The van der Waals surface area contributed by atoms with Gasteiger partial charge in [0.1, 0.15) is 5.69 Å². The molecule has 0 aliphatic rings. The molecule has 0 aliphatic carbocycles. The summed E-state index contributed by atoms with van der Waals surface area (Å²) < 4.78 is 0. The van der Waals surface area contributed by atoms with Gasteiger partial charge in [-0.2, -0.15) is 0 Å². The van der Waals surface area contributed by atoms with Crippen molar-refractivity contribution in [1.29, 1.82) is 0 Å². The molecule has 3 N–H and O–H groups in total. The predicted molar refractivity (Wildman–Crippen MR) is 46.8 cm³/mol. The van der Waals surface area contributed by atoms with E-state index < -0.39 is 0 Å². The SMILES string of the molecule is CN(CCN)C(=O)c1ccc[nH]1. The normalized spacial score (nSPS) is 9.83. The first-order chi connectivity index (χ1) is 5.75. The van der Waals surface area contributed by atoms with Gasteiger partial charge in [0.15, 0.2) is 0 Å². The number of aromatic nitrogens is 1. The molecule has 0 bridgehead atoms. The fourth-order valence-corrected chi connectivity index (χ4v) is 0.964. The number of carbonyl (C=O) groups is 1. The third kappa shape index (κ3) is 1.85.